The Morgan fingerprint density at radius 1 is 1.37 bits per heavy atom. The summed E-state index contributed by atoms with van der Waals surface area (Å²) in [7, 11) is 3.62. The first-order chi connectivity index (χ1) is 13.2. The maximum atomic E-state index is 13.2. The van der Waals surface area contributed by atoms with E-state index >= 15 is 0 Å². The Balaban J connectivity index is 1.52. The van der Waals surface area contributed by atoms with E-state index in [0.717, 1.165) is 35.9 Å². The van der Waals surface area contributed by atoms with Crippen LogP contribution >= 0.6 is 0 Å². The zero-order chi connectivity index (χ0) is 18.8. The summed E-state index contributed by atoms with van der Waals surface area (Å²) >= 11 is 0. The summed E-state index contributed by atoms with van der Waals surface area (Å²) in [5.74, 6) is 1.43. The summed E-state index contributed by atoms with van der Waals surface area (Å²) in [5.41, 5.74) is 1.81. The monoisotopic (exact) mass is 368 g/mol. The fourth-order valence-corrected chi connectivity index (χ4v) is 3.77. The number of carbonyl (C=O) groups is 1. The molecule has 0 N–H and O–H groups in total. The van der Waals surface area contributed by atoms with Gasteiger partial charge in [-0.2, -0.15) is 4.98 Å². The van der Waals surface area contributed by atoms with Gasteiger partial charge in [0, 0.05) is 50.8 Å². The smallest absolute Gasteiger partial charge is 0.256 e. The lowest BCUT2D eigenvalue weighted by Gasteiger charge is -2.31. The summed E-state index contributed by atoms with van der Waals surface area (Å²) in [6.07, 6.45) is 4.43. The highest BCUT2D eigenvalue weighted by Gasteiger charge is 2.30. The van der Waals surface area contributed by atoms with Crippen LogP contribution in [0.25, 0.3) is 10.9 Å². The molecule has 1 amide bonds. The van der Waals surface area contributed by atoms with Crippen LogP contribution in [0.3, 0.4) is 0 Å². The van der Waals surface area contributed by atoms with Crippen LogP contribution < -0.4 is 0 Å². The maximum Gasteiger partial charge on any atom is 0.256 e. The zero-order valence-electron chi connectivity index (χ0n) is 15.7. The number of rotatable bonds is 5. The molecule has 3 heterocycles. The van der Waals surface area contributed by atoms with Crippen LogP contribution in [0.2, 0.25) is 0 Å². The van der Waals surface area contributed by atoms with Crippen LogP contribution in [-0.4, -0.2) is 52.3 Å². The van der Waals surface area contributed by atoms with E-state index in [9.17, 15) is 4.79 Å². The van der Waals surface area contributed by atoms with E-state index in [1.165, 1.54) is 0 Å². The fraction of sp³-hybridized carbons (Fsp3) is 0.450. The first kappa shape index (κ1) is 17.7. The van der Waals surface area contributed by atoms with Crippen LogP contribution in [0.1, 0.15) is 40.8 Å². The molecule has 1 saturated heterocycles. The van der Waals surface area contributed by atoms with Gasteiger partial charge in [0.05, 0.1) is 18.1 Å². The molecule has 3 aromatic rings. The number of nitrogens with zero attached hydrogens (tertiary/aromatic N) is 4. The first-order valence-corrected chi connectivity index (χ1v) is 9.32. The number of carbonyl (C=O) groups excluding carboxylic acids is 1. The third-order valence-corrected chi connectivity index (χ3v) is 5.20. The number of benzene rings is 1. The molecule has 0 radical (unpaired) electrons. The highest BCUT2D eigenvalue weighted by molar-refractivity contribution is 6.07. The van der Waals surface area contributed by atoms with Gasteiger partial charge in [-0.15, -0.1) is 0 Å². The lowest BCUT2D eigenvalue weighted by Crippen LogP contribution is -2.39. The first-order valence-electron chi connectivity index (χ1n) is 9.32. The van der Waals surface area contributed by atoms with E-state index in [4.69, 9.17) is 9.26 Å². The van der Waals surface area contributed by atoms with Gasteiger partial charge in [0.2, 0.25) is 5.89 Å². The molecule has 1 aromatic carbocycles. The molecule has 27 heavy (non-hydrogen) atoms. The normalized spacial score (nSPS) is 17.6. The van der Waals surface area contributed by atoms with E-state index in [0.29, 0.717) is 31.3 Å². The predicted molar refractivity (Wildman–Crippen MR) is 101 cm³/mol. The Morgan fingerprint density at radius 2 is 2.22 bits per heavy atom. The minimum Gasteiger partial charge on any atom is -0.384 e. The molecule has 1 unspecified atom stereocenters. The molecule has 1 aliphatic heterocycles. The quantitative estimate of drug-likeness (QED) is 0.692. The van der Waals surface area contributed by atoms with Gasteiger partial charge >= 0.3 is 0 Å². The summed E-state index contributed by atoms with van der Waals surface area (Å²) in [6, 6.07) is 8.00. The number of methoxy groups -OCH3 is 1. The Labute approximate surface area is 157 Å². The third kappa shape index (κ3) is 3.47. The Bertz CT molecular complexity index is 946. The molecular weight excluding hydrogens is 344 g/mol. The van der Waals surface area contributed by atoms with Crippen LogP contribution in [-0.2, 0) is 18.2 Å². The second kappa shape index (κ2) is 7.52. The molecule has 7 heteroatoms. The van der Waals surface area contributed by atoms with Gasteiger partial charge in [-0.3, -0.25) is 4.79 Å². The van der Waals surface area contributed by atoms with Crippen molar-refractivity contribution < 1.29 is 14.1 Å². The SMILES string of the molecule is COCCc1noc(C2CCCN(C(=O)c3cn(C)c4ccccc34)C2)n1. The maximum absolute atomic E-state index is 13.2. The van der Waals surface area contributed by atoms with E-state index in [1.807, 2.05) is 47.0 Å². The topological polar surface area (TPSA) is 73.4 Å². The number of piperidine rings is 1. The number of amides is 1. The van der Waals surface area contributed by atoms with Crippen molar-refractivity contribution >= 4 is 16.8 Å². The lowest BCUT2D eigenvalue weighted by atomic mass is 9.97. The summed E-state index contributed by atoms with van der Waals surface area (Å²) in [4.78, 5) is 19.6. The average Bonchev–Trinajstić information content (AvgIpc) is 3.31. The van der Waals surface area contributed by atoms with Crippen LogP contribution in [0, 0.1) is 0 Å². The molecular formula is C20H24N4O3. The summed E-state index contributed by atoms with van der Waals surface area (Å²) < 4.78 is 12.5. The highest BCUT2D eigenvalue weighted by atomic mass is 16.5. The van der Waals surface area contributed by atoms with Crippen LogP contribution in [0.15, 0.2) is 35.0 Å². The van der Waals surface area contributed by atoms with Gasteiger partial charge in [0.1, 0.15) is 0 Å². The van der Waals surface area contributed by atoms with E-state index in [2.05, 4.69) is 10.1 Å². The van der Waals surface area contributed by atoms with Gasteiger partial charge in [0.25, 0.3) is 5.91 Å². The van der Waals surface area contributed by atoms with Crippen molar-refractivity contribution in [3.63, 3.8) is 0 Å². The number of ether oxygens (including phenoxy) is 1. The van der Waals surface area contributed by atoms with Crippen molar-refractivity contribution in [2.45, 2.75) is 25.2 Å². The zero-order valence-corrected chi connectivity index (χ0v) is 15.7. The minimum atomic E-state index is 0.0654. The molecule has 1 aliphatic rings. The molecule has 1 atom stereocenters. The number of fused-ring (bicyclic) bond motifs is 1. The number of para-hydroxylation sites is 1. The van der Waals surface area contributed by atoms with Crippen molar-refractivity contribution in [3.8, 4) is 0 Å². The van der Waals surface area contributed by atoms with Crippen LogP contribution in [0.4, 0.5) is 0 Å². The van der Waals surface area contributed by atoms with Gasteiger partial charge < -0.3 is 18.7 Å². The molecule has 7 nitrogen and oxygen atoms in total. The number of hydrogen-bond donors (Lipinski definition) is 0. The molecule has 0 aliphatic carbocycles. The number of likely N-dealkylation sites (tertiary alicyclic amines) is 1. The molecule has 142 valence electrons. The average molecular weight is 368 g/mol. The van der Waals surface area contributed by atoms with Crippen molar-refractivity contribution in [3.05, 3.63) is 47.7 Å². The molecule has 2 aromatic heterocycles. The Hall–Kier alpha value is -2.67. The molecule has 0 spiro atoms. The second-order valence-electron chi connectivity index (χ2n) is 7.05. The third-order valence-electron chi connectivity index (χ3n) is 5.20. The highest BCUT2D eigenvalue weighted by Crippen LogP contribution is 2.28. The number of aryl methyl sites for hydroxylation is 1. The summed E-state index contributed by atoms with van der Waals surface area (Å²) in [5, 5.41) is 5.02. The summed E-state index contributed by atoms with van der Waals surface area (Å²) in [6.45, 7) is 1.92. The lowest BCUT2D eigenvalue weighted by molar-refractivity contribution is 0.0697. The van der Waals surface area contributed by atoms with Gasteiger partial charge in [-0.1, -0.05) is 23.4 Å². The standard InChI is InChI=1S/C20H24N4O3/c1-23-13-16(15-7-3-4-8-17(15)23)20(25)24-10-5-6-14(12-24)19-21-18(22-27-19)9-11-26-2/h3-4,7-8,13-14H,5-6,9-12H2,1-2H3. The number of hydrogen-bond acceptors (Lipinski definition) is 5. The number of aromatic nitrogens is 3. The van der Waals surface area contributed by atoms with E-state index in [1.54, 1.807) is 7.11 Å². The van der Waals surface area contributed by atoms with Gasteiger partial charge in [-0.05, 0) is 18.9 Å². The van der Waals surface area contributed by atoms with Crippen molar-refractivity contribution in [1.29, 1.82) is 0 Å². The largest absolute Gasteiger partial charge is 0.384 e. The van der Waals surface area contributed by atoms with E-state index in [-0.39, 0.29) is 11.8 Å². The van der Waals surface area contributed by atoms with Gasteiger partial charge in [0.15, 0.2) is 5.82 Å². The Morgan fingerprint density at radius 3 is 3.07 bits per heavy atom. The van der Waals surface area contributed by atoms with Crippen molar-refractivity contribution in [2.24, 2.45) is 7.05 Å². The van der Waals surface area contributed by atoms with Crippen molar-refractivity contribution in [2.75, 3.05) is 26.8 Å². The van der Waals surface area contributed by atoms with Crippen molar-refractivity contribution in [1.82, 2.24) is 19.6 Å². The van der Waals surface area contributed by atoms with E-state index < -0.39 is 0 Å². The Kier molecular flexibility index (Phi) is 4.94. The van der Waals surface area contributed by atoms with Gasteiger partial charge in [-0.25, -0.2) is 0 Å². The second-order valence-corrected chi connectivity index (χ2v) is 7.05. The predicted octanol–water partition coefficient (Wildman–Crippen LogP) is 2.77. The van der Waals surface area contributed by atoms with Crippen LogP contribution in [0.5, 0.6) is 0 Å². The minimum absolute atomic E-state index is 0.0654. The fourth-order valence-electron chi connectivity index (χ4n) is 3.77. The molecule has 4 rings (SSSR count). The molecule has 0 bridgehead atoms. The molecule has 0 saturated carbocycles. The molecule has 1 fully saturated rings.